The number of hydrogen-bond acceptors (Lipinski definition) is 4. The number of rotatable bonds is 6. The quantitative estimate of drug-likeness (QED) is 0.748. The van der Waals surface area contributed by atoms with E-state index in [4.69, 9.17) is 0 Å². The maximum Gasteiger partial charge on any atom is 0.251 e. The van der Waals surface area contributed by atoms with Crippen molar-refractivity contribution < 1.29 is 13.2 Å². The van der Waals surface area contributed by atoms with E-state index in [0.29, 0.717) is 30.8 Å². The first-order chi connectivity index (χ1) is 14.8. The second-order valence-corrected chi connectivity index (χ2v) is 10.8. The van der Waals surface area contributed by atoms with Gasteiger partial charge < -0.3 is 5.32 Å². The summed E-state index contributed by atoms with van der Waals surface area (Å²) in [4.78, 5) is 15.3. The highest BCUT2D eigenvalue weighted by atomic mass is 32.2. The number of likely N-dealkylation sites (tertiary alicyclic amines) is 1. The van der Waals surface area contributed by atoms with Crippen LogP contribution in [0.2, 0.25) is 0 Å². The molecule has 0 aromatic heterocycles. The molecule has 2 aliphatic rings. The molecule has 0 bridgehead atoms. The molecular weight excluding hydrogens is 410 g/mol. The second kappa shape index (κ2) is 9.01. The van der Waals surface area contributed by atoms with Gasteiger partial charge in [0.05, 0.1) is 11.9 Å². The van der Waals surface area contributed by atoms with Gasteiger partial charge >= 0.3 is 0 Å². The van der Waals surface area contributed by atoms with Crippen LogP contribution in [-0.2, 0) is 29.5 Å². The number of piperidine rings is 1. The first-order valence-electron chi connectivity index (χ1n) is 11.0. The van der Waals surface area contributed by atoms with Crippen LogP contribution in [0.5, 0.6) is 0 Å². The summed E-state index contributed by atoms with van der Waals surface area (Å²) in [7, 11) is -3.29. The summed E-state index contributed by atoms with van der Waals surface area (Å²) < 4.78 is 25.2. The van der Waals surface area contributed by atoms with Gasteiger partial charge in [-0.1, -0.05) is 31.2 Å². The number of nitrogens with zero attached hydrogens (tertiary/aromatic N) is 2. The minimum Gasteiger partial charge on any atom is -0.348 e. The van der Waals surface area contributed by atoms with Crippen molar-refractivity contribution in [3.05, 3.63) is 64.7 Å². The van der Waals surface area contributed by atoms with E-state index >= 15 is 0 Å². The van der Waals surface area contributed by atoms with Gasteiger partial charge in [-0.2, -0.15) is 0 Å². The van der Waals surface area contributed by atoms with Crippen molar-refractivity contribution in [3.8, 4) is 0 Å². The molecule has 166 valence electrons. The average molecular weight is 442 g/mol. The molecule has 0 radical (unpaired) electrons. The van der Waals surface area contributed by atoms with Crippen LogP contribution in [0.1, 0.15) is 46.8 Å². The van der Waals surface area contributed by atoms with Crippen LogP contribution in [0.25, 0.3) is 0 Å². The van der Waals surface area contributed by atoms with Crippen molar-refractivity contribution in [2.75, 3.05) is 30.2 Å². The highest BCUT2D eigenvalue weighted by molar-refractivity contribution is 7.92. The Bertz CT molecular complexity index is 1070. The van der Waals surface area contributed by atoms with E-state index in [1.165, 1.54) is 29.0 Å². The Morgan fingerprint density at radius 3 is 2.65 bits per heavy atom. The fraction of sp³-hybridized carbons (Fsp3) is 0.458. The van der Waals surface area contributed by atoms with E-state index in [1.807, 2.05) is 12.1 Å². The molecule has 0 aliphatic carbocycles. The second-order valence-electron chi connectivity index (χ2n) is 8.86. The number of amides is 1. The number of benzene rings is 2. The molecule has 2 aromatic rings. The molecule has 1 N–H and O–H groups in total. The van der Waals surface area contributed by atoms with Gasteiger partial charge in [0.15, 0.2) is 0 Å². The number of fused-ring (bicyclic) bond motifs is 1. The predicted molar refractivity (Wildman–Crippen MR) is 124 cm³/mol. The summed E-state index contributed by atoms with van der Waals surface area (Å²) in [6, 6.07) is 13.6. The summed E-state index contributed by atoms with van der Waals surface area (Å²) in [5.41, 5.74) is 4.54. The number of sulfonamides is 1. The fourth-order valence-electron chi connectivity index (χ4n) is 4.69. The Kier molecular flexibility index (Phi) is 6.34. The topological polar surface area (TPSA) is 69.7 Å². The molecule has 4 rings (SSSR count). The van der Waals surface area contributed by atoms with Crippen molar-refractivity contribution in [2.45, 2.75) is 39.3 Å². The normalized spacial score (nSPS) is 19.3. The molecule has 7 heteroatoms. The monoisotopic (exact) mass is 441 g/mol. The maximum atomic E-state index is 12.8. The molecule has 1 fully saturated rings. The minimum absolute atomic E-state index is 0.137. The molecule has 1 amide bonds. The molecule has 2 heterocycles. The van der Waals surface area contributed by atoms with Crippen molar-refractivity contribution >= 4 is 21.6 Å². The van der Waals surface area contributed by atoms with Gasteiger partial charge in [-0.3, -0.25) is 14.0 Å². The van der Waals surface area contributed by atoms with Crippen LogP contribution in [0.15, 0.2) is 42.5 Å². The first-order valence-corrected chi connectivity index (χ1v) is 12.8. The minimum atomic E-state index is -3.29. The zero-order valence-corrected chi connectivity index (χ0v) is 19.1. The van der Waals surface area contributed by atoms with E-state index < -0.39 is 10.0 Å². The van der Waals surface area contributed by atoms with E-state index in [9.17, 15) is 13.2 Å². The molecule has 2 aliphatic heterocycles. The van der Waals surface area contributed by atoms with Gasteiger partial charge in [-0.25, -0.2) is 8.42 Å². The predicted octanol–water partition coefficient (Wildman–Crippen LogP) is 3.17. The number of carbonyl (C=O) groups excluding carboxylic acids is 1. The third-order valence-electron chi connectivity index (χ3n) is 6.29. The number of carbonyl (C=O) groups is 1. The van der Waals surface area contributed by atoms with E-state index in [0.717, 1.165) is 36.7 Å². The van der Waals surface area contributed by atoms with Crippen molar-refractivity contribution in [3.63, 3.8) is 0 Å². The molecule has 1 atom stereocenters. The maximum absolute atomic E-state index is 12.8. The van der Waals surface area contributed by atoms with E-state index in [1.54, 1.807) is 12.1 Å². The highest BCUT2D eigenvalue weighted by Crippen LogP contribution is 2.30. The Balaban J connectivity index is 1.42. The lowest BCUT2D eigenvalue weighted by atomic mass is 9.99. The van der Waals surface area contributed by atoms with Crippen molar-refractivity contribution in [2.24, 2.45) is 5.92 Å². The SMILES string of the molecule is CC1CCCN(Cc2ccccc2CNC(=O)c2ccc3c(c2)CCN3S(C)(=O)=O)C1. The molecular formula is C24H31N3O3S. The smallest absolute Gasteiger partial charge is 0.251 e. The molecule has 6 nitrogen and oxygen atoms in total. The van der Waals surface area contributed by atoms with Gasteiger partial charge in [0.2, 0.25) is 10.0 Å². The standard InChI is InChI=1S/C24H31N3O3S/c1-18-6-5-12-26(16-18)17-22-8-4-3-7-21(22)15-25-24(28)20-9-10-23-19(14-20)11-13-27(23)31(2,29)30/h3-4,7-10,14,18H,5-6,11-13,15-17H2,1-2H3,(H,25,28). The molecule has 31 heavy (non-hydrogen) atoms. The van der Waals surface area contributed by atoms with Crippen LogP contribution in [0.3, 0.4) is 0 Å². The van der Waals surface area contributed by atoms with Gasteiger partial charge in [0, 0.05) is 31.7 Å². The molecule has 0 spiro atoms. The Morgan fingerprint density at radius 1 is 1.13 bits per heavy atom. The lowest BCUT2D eigenvalue weighted by Gasteiger charge is -2.31. The van der Waals surface area contributed by atoms with Crippen molar-refractivity contribution in [1.29, 1.82) is 0 Å². The first kappa shape index (κ1) is 21.8. The van der Waals surface area contributed by atoms with Crippen LogP contribution in [0.4, 0.5) is 5.69 Å². The Labute approximate surface area is 185 Å². The molecule has 1 unspecified atom stereocenters. The van der Waals surface area contributed by atoms with E-state index in [-0.39, 0.29) is 5.91 Å². The molecule has 1 saturated heterocycles. The van der Waals surface area contributed by atoms with Crippen LogP contribution in [-0.4, -0.2) is 45.1 Å². The zero-order valence-electron chi connectivity index (χ0n) is 18.3. The largest absolute Gasteiger partial charge is 0.348 e. The number of hydrogen-bond donors (Lipinski definition) is 1. The highest BCUT2D eigenvalue weighted by Gasteiger charge is 2.26. The Hall–Kier alpha value is -2.38. The third-order valence-corrected chi connectivity index (χ3v) is 7.47. The average Bonchev–Trinajstić information content (AvgIpc) is 3.17. The molecule has 0 saturated carbocycles. The van der Waals surface area contributed by atoms with Gasteiger partial charge in [-0.15, -0.1) is 0 Å². The van der Waals surface area contributed by atoms with Crippen LogP contribution in [0, 0.1) is 5.92 Å². The number of nitrogens with one attached hydrogen (secondary N) is 1. The Morgan fingerprint density at radius 2 is 1.90 bits per heavy atom. The lowest BCUT2D eigenvalue weighted by Crippen LogP contribution is -2.34. The summed E-state index contributed by atoms with van der Waals surface area (Å²) in [5.74, 6) is 0.598. The summed E-state index contributed by atoms with van der Waals surface area (Å²) >= 11 is 0. The van der Waals surface area contributed by atoms with Gasteiger partial charge in [0.25, 0.3) is 5.91 Å². The van der Waals surface area contributed by atoms with Gasteiger partial charge in [0.1, 0.15) is 0 Å². The van der Waals surface area contributed by atoms with Crippen LogP contribution >= 0.6 is 0 Å². The fourth-order valence-corrected chi connectivity index (χ4v) is 5.65. The van der Waals surface area contributed by atoms with Crippen molar-refractivity contribution in [1.82, 2.24) is 10.2 Å². The summed E-state index contributed by atoms with van der Waals surface area (Å²) in [6.45, 7) is 6.39. The third kappa shape index (κ3) is 5.10. The zero-order chi connectivity index (χ0) is 22.0. The number of anilines is 1. The van der Waals surface area contributed by atoms with Crippen LogP contribution < -0.4 is 9.62 Å². The summed E-state index contributed by atoms with van der Waals surface area (Å²) in [5, 5.41) is 3.04. The lowest BCUT2D eigenvalue weighted by molar-refractivity contribution is 0.0950. The molecule has 2 aromatic carbocycles. The van der Waals surface area contributed by atoms with E-state index in [2.05, 4.69) is 35.3 Å². The van der Waals surface area contributed by atoms with Gasteiger partial charge in [-0.05, 0) is 66.6 Å². The summed E-state index contributed by atoms with van der Waals surface area (Å²) in [6.07, 6.45) is 4.39.